The smallest absolute Gasteiger partial charge is 0.255 e. The standard InChI is InChI=1S/C8H9Br2NO4S/c1-7(2)3(4(12)13)11-5(14)8(9,10)6(11)16(7)15/h3,6H,1-2H3,(H,12,13)/p-1/t3-,6?,16?/m0/s1. The summed E-state index contributed by atoms with van der Waals surface area (Å²) >= 11 is 6.25. The quantitative estimate of drug-likeness (QED) is 0.450. The number of halogens is 2. The molecule has 3 atom stereocenters. The molecule has 8 heteroatoms. The van der Waals surface area contributed by atoms with Crippen LogP contribution in [0.3, 0.4) is 0 Å². The summed E-state index contributed by atoms with van der Waals surface area (Å²) in [6.45, 7) is 3.12. The van der Waals surface area contributed by atoms with Gasteiger partial charge in [0.15, 0.2) is 3.23 Å². The second kappa shape index (κ2) is 3.29. The van der Waals surface area contributed by atoms with E-state index >= 15 is 0 Å². The molecule has 0 radical (unpaired) electrons. The van der Waals surface area contributed by atoms with E-state index in [-0.39, 0.29) is 0 Å². The largest absolute Gasteiger partial charge is 0.548 e. The van der Waals surface area contributed by atoms with Crippen LogP contribution in [0.15, 0.2) is 0 Å². The maximum Gasteiger partial charge on any atom is 0.255 e. The van der Waals surface area contributed by atoms with E-state index in [1.54, 1.807) is 13.8 Å². The molecule has 2 heterocycles. The highest BCUT2D eigenvalue weighted by atomic mass is 79.9. The highest BCUT2D eigenvalue weighted by Gasteiger charge is 2.72. The van der Waals surface area contributed by atoms with Crippen LogP contribution in [0.25, 0.3) is 0 Å². The van der Waals surface area contributed by atoms with Crippen molar-refractivity contribution < 1.29 is 18.9 Å². The van der Waals surface area contributed by atoms with Gasteiger partial charge in [0.2, 0.25) is 0 Å². The third-order valence-electron chi connectivity index (χ3n) is 2.96. The Kier molecular flexibility index (Phi) is 2.57. The number of amides is 1. The van der Waals surface area contributed by atoms with Crippen LogP contribution in [0.5, 0.6) is 0 Å². The molecule has 90 valence electrons. The highest BCUT2D eigenvalue weighted by Crippen LogP contribution is 2.54. The minimum absolute atomic E-state index is 0.425. The minimum Gasteiger partial charge on any atom is -0.548 e. The zero-order valence-corrected chi connectivity index (χ0v) is 12.4. The molecular weight excluding hydrogens is 366 g/mol. The van der Waals surface area contributed by atoms with E-state index in [0.717, 1.165) is 4.90 Å². The van der Waals surface area contributed by atoms with Crippen LogP contribution in [0.2, 0.25) is 0 Å². The zero-order chi connectivity index (χ0) is 12.5. The van der Waals surface area contributed by atoms with Crippen molar-refractivity contribution in [3.63, 3.8) is 0 Å². The van der Waals surface area contributed by atoms with Gasteiger partial charge in [0.05, 0.1) is 27.6 Å². The Morgan fingerprint density at radius 3 is 2.44 bits per heavy atom. The van der Waals surface area contributed by atoms with Gasteiger partial charge >= 0.3 is 0 Å². The van der Waals surface area contributed by atoms with Crippen LogP contribution in [0.4, 0.5) is 0 Å². The number of β-lactam (4-membered cyclic amide) rings is 1. The molecule has 0 bridgehead atoms. The molecule has 5 nitrogen and oxygen atoms in total. The zero-order valence-electron chi connectivity index (χ0n) is 8.40. The number of fused-ring (bicyclic) bond motifs is 1. The molecule has 2 unspecified atom stereocenters. The van der Waals surface area contributed by atoms with Crippen LogP contribution in [-0.4, -0.2) is 40.4 Å². The molecular formula is C8H8Br2NO4S-. The van der Waals surface area contributed by atoms with E-state index in [9.17, 15) is 18.9 Å². The molecule has 2 fully saturated rings. The fraction of sp³-hybridized carbons (Fsp3) is 0.750. The molecule has 2 aliphatic heterocycles. The Bertz CT molecular complexity index is 422. The van der Waals surface area contributed by atoms with Crippen LogP contribution in [-0.2, 0) is 20.4 Å². The third kappa shape index (κ3) is 1.23. The molecule has 0 aromatic carbocycles. The lowest BCUT2D eigenvalue weighted by molar-refractivity contribution is -0.312. The molecule has 0 saturated carbocycles. The summed E-state index contributed by atoms with van der Waals surface area (Å²) in [6.07, 6.45) is 0. The van der Waals surface area contributed by atoms with Crippen molar-refractivity contribution in [3.8, 4) is 0 Å². The van der Waals surface area contributed by atoms with Crippen molar-refractivity contribution in [1.82, 2.24) is 4.90 Å². The van der Waals surface area contributed by atoms with E-state index in [1.807, 2.05) is 0 Å². The lowest BCUT2D eigenvalue weighted by Gasteiger charge is -2.47. The first-order chi connectivity index (χ1) is 7.13. The summed E-state index contributed by atoms with van der Waals surface area (Å²) in [4.78, 5) is 23.9. The predicted octanol–water partition coefficient (Wildman–Crippen LogP) is -0.700. The molecule has 2 aliphatic rings. The molecule has 0 aliphatic carbocycles. The summed E-state index contributed by atoms with van der Waals surface area (Å²) < 4.78 is 10.0. The second-order valence-electron chi connectivity index (χ2n) is 4.31. The monoisotopic (exact) mass is 372 g/mol. The summed E-state index contributed by atoms with van der Waals surface area (Å²) in [5.41, 5.74) is 0. The van der Waals surface area contributed by atoms with E-state index in [1.165, 1.54) is 0 Å². The van der Waals surface area contributed by atoms with Gasteiger partial charge in [-0.2, -0.15) is 0 Å². The first-order valence-corrected chi connectivity index (χ1v) is 7.25. The van der Waals surface area contributed by atoms with Crippen molar-refractivity contribution in [2.45, 2.75) is 33.2 Å². The van der Waals surface area contributed by atoms with Crippen molar-refractivity contribution in [2.24, 2.45) is 0 Å². The first-order valence-electron chi connectivity index (χ1n) is 4.45. The maximum atomic E-state index is 12.1. The predicted molar refractivity (Wildman–Crippen MR) is 62.2 cm³/mol. The molecule has 0 N–H and O–H groups in total. The highest BCUT2D eigenvalue weighted by molar-refractivity contribution is 9.26. The normalized spacial score (nSPS) is 39.1. The van der Waals surface area contributed by atoms with Gasteiger partial charge in [0.1, 0.15) is 5.37 Å². The summed E-state index contributed by atoms with van der Waals surface area (Å²) in [7, 11) is -1.47. The van der Waals surface area contributed by atoms with Crippen LogP contribution < -0.4 is 5.11 Å². The number of carbonyl (C=O) groups is 2. The topological polar surface area (TPSA) is 77.5 Å². The van der Waals surface area contributed by atoms with Crippen molar-refractivity contribution in [1.29, 1.82) is 0 Å². The molecule has 0 aromatic heterocycles. The number of hydrogen-bond acceptors (Lipinski definition) is 4. The molecule has 1 amide bonds. The lowest BCUT2D eigenvalue weighted by Crippen LogP contribution is -2.70. The average Bonchev–Trinajstić information content (AvgIpc) is 2.33. The molecule has 0 aromatic rings. The number of alkyl halides is 2. The van der Waals surface area contributed by atoms with E-state index < -0.39 is 42.1 Å². The Hall–Kier alpha value is 0.0500. The van der Waals surface area contributed by atoms with E-state index in [2.05, 4.69) is 31.9 Å². The minimum atomic E-state index is -1.47. The van der Waals surface area contributed by atoms with Gasteiger partial charge in [-0.15, -0.1) is 0 Å². The number of aliphatic carboxylic acids is 1. The molecule has 0 spiro atoms. The molecule has 16 heavy (non-hydrogen) atoms. The van der Waals surface area contributed by atoms with E-state index in [4.69, 9.17) is 0 Å². The SMILES string of the molecule is CC1(C)[C@H](C(=O)[O-])N2C(=O)C(Br)(Br)C2S1=O. The number of nitrogens with zero attached hydrogens (tertiary/aromatic N) is 1. The fourth-order valence-electron chi connectivity index (χ4n) is 2.11. The Labute approximate surface area is 111 Å². The van der Waals surface area contributed by atoms with Gasteiger partial charge in [-0.05, 0) is 13.8 Å². The maximum absolute atomic E-state index is 12.1. The summed E-state index contributed by atoms with van der Waals surface area (Å²) in [5.74, 6) is -1.80. The van der Waals surface area contributed by atoms with E-state index in [0.29, 0.717) is 0 Å². The van der Waals surface area contributed by atoms with Gasteiger partial charge < -0.3 is 14.8 Å². The number of rotatable bonds is 1. The van der Waals surface area contributed by atoms with Crippen molar-refractivity contribution in [2.75, 3.05) is 0 Å². The van der Waals surface area contributed by atoms with Crippen LogP contribution >= 0.6 is 31.9 Å². The number of carboxylic acids is 1. The number of hydrogen-bond donors (Lipinski definition) is 0. The average molecular weight is 374 g/mol. The van der Waals surface area contributed by atoms with Crippen molar-refractivity contribution in [3.05, 3.63) is 0 Å². The molecule has 2 saturated heterocycles. The second-order valence-corrected chi connectivity index (χ2v) is 9.97. The fourth-order valence-corrected chi connectivity index (χ4v) is 5.78. The van der Waals surface area contributed by atoms with Gasteiger partial charge in [-0.1, -0.05) is 31.9 Å². The van der Waals surface area contributed by atoms with Gasteiger partial charge in [0.25, 0.3) is 5.91 Å². The molecule has 2 rings (SSSR count). The van der Waals surface area contributed by atoms with Crippen LogP contribution in [0, 0.1) is 0 Å². The summed E-state index contributed by atoms with van der Waals surface area (Å²) in [5, 5.41) is 10.4. The van der Waals surface area contributed by atoms with Gasteiger partial charge in [0, 0.05) is 0 Å². The Morgan fingerprint density at radius 1 is 1.50 bits per heavy atom. The summed E-state index contributed by atoms with van der Waals surface area (Å²) in [6, 6.07) is -1.14. The first kappa shape index (κ1) is 12.5. The van der Waals surface area contributed by atoms with Gasteiger partial charge in [-0.3, -0.25) is 9.00 Å². The Morgan fingerprint density at radius 2 is 2.00 bits per heavy atom. The third-order valence-corrected chi connectivity index (χ3v) is 7.36. The van der Waals surface area contributed by atoms with Crippen molar-refractivity contribution >= 4 is 54.5 Å². The number of carbonyl (C=O) groups excluding carboxylic acids is 2. The lowest BCUT2D eigenvalue weighted by atomic mass is 9.98. The van der Waals surface area contributed by atoms with Crippen LogP contribution in [0.1, 0.15) is 13.8 Å². The Balaban J connectivity index is 2.50. The van der Waals surface area contributed by atoms with Gasteiger partial charge in [-0.25, -0.2) is 0 Å². The number of carboxylic acid groups (broad SMARTS) is 1.